The van der Waals surface area contributed by atoms with Gasteiger partial charge in [-0.25, -0.2) is 0 Å². The lowest BCUT2D eigenvalue weighted by Crippen LogP contribution is -2.49. The summed E-state index contributed by atoms with van der Waals surface area (Å²) in [6.45, 7) is 3.69. The number of amides is 2. The number of piperazine rings is 1. The second-order valence-electron chi connectivity index (χ2n) is 13.2. The van der Waals surface area contributed by atoms with Crippen molar-refractivity contribution in [2.24, 2.45) is 0 Å². The van der Waals surface area contributed by atoms with Crippen molar-refractivity contribution in [2.75, 3.05) is 50.7 Å². The summed E-state index contributed by atoms with van der Waals surface area (Å²) in [7, 11) is 0. The van der Waals surface area contributed by atoms with Crippen molar-refractivity contribution in [3.63, 3.8) is 0 Å². The second kappa shape index (κ2) is 13.5. The first-order valence-corrected chi connectivity index (χ1v) is 17.2. The Kier molecular flexibility index (Phi) is 9.15. The molecule has 0 atom stereocenters. The minimum absolute atomic E-state index is 0.0324. The van der Waals surface area contributed by atoms with Crippen LogP contribution in [0.5, 0.6) is 0 Å². The van der Waals surface area contributed by atoms with Gasteiger partial charge in [-0.2, -0.15) is 13.2 Å². The van der Waals surface area contributed by atoms with Crippen molar-refractivity contribution in [2.45, 2.75) is 37.4 Å². The van der Waals surface area contributed by atoms with Gasteiger partial charge in [0.1, 0.15) is 12.0 Å². The fourth-order valence-corrected chi connectivity index (χ4v) is 8.01. The third-order valence-electron chi connectivity index (χ3n) is 10.2. The van der Waals surface area contributed by atoms with E-state index >= 15 is 0 Å². The largest absolute Gasteiger partial charge is 0.405 e. The van der Waals surface area contributed by atoms with Crippen molar-refractivity contribution in [3.05, 3.63) is 124 Å². The normalized spacial score (nSPS) is 17.0. The van der Waals surface area contributed by atoms with Crippen LogP contribution in [0.3, 0.4) is 0 Å². The lowest BCUT2D eigenvalue weighted by Gasteiger charge is -2.38. The Labute approximate surface area is 289 Å². The summed E-state index contributed by atoms with van der Waals surface area (Å²) in [5, 5.41) is 2.88. The van der Waals surface area contributed by atoms with Crippen LogP contribution in [-0.4, -0.2) is 73.6 Å². The number of alkyl halides is 3. The van der Waals surface area contributed by atoms with E-state index in [0.29, 0.717) is 37.5 Å². The Bertz CT molecular complexity index is 1830. The molecule has 4 aromatic carbocycles. The van der Waals surface area contributed by atoms with Gasteiger partial charge in [0, 0.05) is 55.5 Å². The number of fused-ring (bicyclic) bond motifs is 4. The maximum absolute atomic E-state index is 13.8. The van der Waals surface area contributed by atoms with Gasteiger partial charge < -0.3 is 15.1 Å². The van der Waals surface area contributed by atoms with Crippen LogP contribution in [0.15, 0.2) is 91.0 Å². The lowest BCUT2D eigenvalue weighted by molar-refractivity contribution is -0.141. The number of halogens is 4. The fraction of sp³-hybridized carbons (Fsp3) is 0.333. The molecule has 3 aliphatic rings. The zero-order valence-corrected chi connectivity index (χ0v) is 27.9. The molecule has 1 N–H and O–H groups in total. The van der Waals surface area contributed by atoms with Crippen LogP contribution in [0, 0.1) is 0 Å². The van der Waals surface area contributed by atoms with Gasteiger partial charge in [0.15, 0.2) is 0 Å². The van der Waals surface area contributed by atoms with Crippen LogP contribution in [0.2, 0.25) is 5.02 Å². The van der Waals surface area contributed by atoms with E-state index in [4.69, 9.17) is 11.6 Å². The zero-order valence-electron chi connectivity index (χ0n) is 27.1. The first-order valence-electron chi connectivity index (χ1n) is 16.8. The summed E-state index contributed by atoms with van der Waals surface area (Å²) in [5.41, 5.74) is 5.95. The summed E-state index contributed by atoms with van der Waals surface area (Å²) in [6.07, 6.45) is -2.67. The Morgan fingerprint density at radius 1 is 0.816 bits per heavy atom. The minimum atomic E-state index is -4.50. The number of benzene rings is 4. The molecule has 0 spiro atoms. The van der Waals surface area contributed by atoms with Gasteiger partial charge >= 0.3 is 6.18 Å². The number of hydrogen-bond donors (Lipinski definition) is 1. The van der Waals surface area contributed by atoms with Crippen molar-refractivity contribution in [3.8, 4) is 11.1 Å². The molecule has 0 radical (unpaired) electrons. The number of hydrogen-bond acceptors (Lipinski definition) is 4. The van der Waals surface area contributed by atoms with Gasteiger partial charge in [-0.15, -0.1) is 0 Å². The molecule has 0 aromatic heterocycles. The molecule has 6 nitrogen and oxygen atoms in total. The number of nitrogens with zero attached hydrogens (tertiary/aromatic N) is 3. The van der Waals surface area contributed by atoms with Crippen molar-refractivity contribution in [1.29, 1.82) is 0 Å². The minimum Gasteiger partial charge on any atom is -0.369 e. The Balaban J connectivity index is 1.01. The highest BCUT2D eigenvalue weighted by Gasteiger charge is 2.49. The highest BCUT2D eigenvalue weighted by Crippen LogP contribution is 2.51. The van der Waals surface area contributed by atoms with E-state index in [-0.39, 0.29) is 5.91 Å². The zero-order chi connectivity index (χ0) is 34.2. The summed E-state index contributed by atoms with van der Waals surface area (Å²) >= 11 is 6.17. The van der Waals surface area contributed by atoms with Gasteiger partial charge in [-0.3, -0.25) is 14.5 Å². The number of carbonyl (C=O) groups excluding carboxylic acids is 2. The highest BCUT2D eigenvalue weighted by atomic mass is 35.5. The van der Waals surface area contributed by atoms with E-state index in [9.17, 15) is 22.8 Å². The average Bonchev–Trinajstić information content (AvgIpc) is 3.39. The predicted octanol–water partition coefficient (Wildman–Crippen LogP) is 7.09. The Hall–Kier alpha value is -4.34. The topological polar surface area (TPSA) is 55.9 Å². The molecule has 0 bridgehead atoms. The van der Waals surface area contributed by atoms with Crippen molar-refractivity contribution >= 4 is 29.1 Å². The summed E-state index contributed by atoms with van der Waals surface area (Å²) in [6, 6.07) is 28.9. The average molecular weight is 687 g/mol. The number of carbonyl (C=O) groups is 2. The molecule has 2 heterocycles. The number of rotatable bonds is 9. The second-order valence-corrected chi connectivity index (χ2v) is 13.6. The standard InChI is InChI=1S/C39H38ClF3N4O2/c40-29-8-5-7-27(23-29)25-47-18-15-28-13-14-30(24-33(28)36(47)48)46-21-19-45(20-22-46)17-6-16-38(37(49)44-26-39(41,42)43)34-11-3-1-9-31(34)32-10-2-4-12-35(32)38/h1-5,7-14,23-24H,6,15-22,25-26H2,(H,44,49). The number of anilines is 1. The van der Waals surface area contributed by atoms with E-state index < -0.39 is 24.0 Å². The number of nitrogens with one attached hydrogen (secondary N) is 1. The molecule has 7 rings (SSSR count). The summed E-state index contributed by atoms with van der Waals surface area (Å²) in [5.74, 6) is -0.579. The Morgan fingerprint density at radius 3 is 2.18 bits per heavy atom. The summed E-state index contributed by atoms with van der Waals surface area (Å²) < 4.78 is 39.7. The van der Waals surface area contributed by atoms with Gasteiger partial charge in [-0.05, 0) is 83.5 Å². The molecule has 10 heteroatoms. The van der Waals surface area contributed by atoms with Crippen LogP contribution >= 0.6 is 11.6 Å². The monoisotopic (exact) mass is 686 g/mol. The van der Waals surface area contributed by atoms with Crippen LogP contribution < -0.4 is 10.2 Å². The predicted molar refractivity (Wildman–Crippen MR) is 186 cm³/mol. The first-order chi connectivity index (χ1) is 23.6. The van der Waals surface area contributed by atoms with Crippen LogP contribution in [0.25, 0.3) is 11.1 Å². The van der Waals surface area contributed by atoms with E-state index in [2.05, 4.69) is 27.2 Å². The molecule has 4 aromatic rings. The third-order valence-corrected chi connectivity index (χ3v) is 10.4. The van der Waals surface area contributed by atoms with E-state index in [1.165, 1.54) is 0 Å². The molecular formula is C39H38ClF3N4O2. The van der Waals surface area contributed by atoms with Crippen LogP contribution in [0.4, 0.5) is 18.9 Å². The van der Waals surface area contributed by atoms with Gasteiger partial charge in [0.05, 0.1) is 0 Å². The SMILES string of the molecule is O=C1c2cc(N3CCN(CCCC4(C(=O)NCC(F)(F)F)c5ccccc5-c5ccccc54)CC3)ccc2CCN1Cc1cccc(Cl)c1. The molecule has 1 aliphatic carbocycles. The van der Waals surface area contributed by atoms with Gasteiger partial charge in [0.2, 0.25) is 5.91 Å². The molecule has 1 fully saturated rings. The lowest BCUT2D eigenvalue weighted by atomic mass is 9.73. The van der Waals surface area contributed by atoms with Crippen LogP contribution in [-0.2, 0) is 23.2 Å². The smallest absolute Gasteiger partial charge is 0.369 e. The quantitative estimate of drug-likeness (QED) is 0.205. The van der Waals surface area contributed by atoms with Crippen molar-refractivity contribution < 1.29 is 22.8 Å². The maximum atomic E-state index is 13.8. The molecule has 1 saturated heterocycles. The van der Waals surface area contributed by atoms with Crippen LogP contribution in [0.1, 0.15) is 45.5 Å². The molecule has 2 amide bonds. The van der Waals surface area contributed by atoms with E-state index in [1.807, 2.05) is 83.8 Å². The van der Waals surface area contributed by atoms with Gasteiger partial charge in [0.25, 0.3) is 5.91 Å². The first kappa shape index (κ1) is 33.2. The molecular weight excluding hydrogens is 649 g/mol. The van der Waals surface area contributed by atoms with E-state index in [1.54, 1.807) is 0 Å². The van der Waals surface area contributed by atoms with Gasteiger partial charge in [-0.1, -0.05) is 78.3 Å². The Morgan fingerprint density at radius 2 is 1.51 bits per heavy atom. The molecule has 2 aliphatic heterocycles. The summed E-state index contributed by atoms with van der Waals surface area (Å²) in [4.78, 5) is 33.9. The maximum Gasteiger partial charge on any atom is 0.405 e. The third kappa shape index (κ3) is 6.66. The van der Waals surface area contributed by atoms with E-state index in [0.717, 1.165) is 77.2 Å². The highest BCUT2D eigenvalue weighted by molar-refractivity contribution is 6.30. The molecule has 0 saturated carbocycles. The fourth-order valence-electron chi connectivity index (χ4n) is 7.79. The molecule has 254 valence electrons. The molecule has 0 unspecified atom stereocenters. The van der Waals surface area contributed by atoms with Crippen molar-refractivity contribution in [1.82, 2.24) is 15.1 Å². The molecule has 49 heavy (non-hydrogen) atoms.